The summed E-state index contributed by atoms with van der Waals surface area (Å²) in [4.78, 5) is 17.3. The number of rotatable bonds is 5. The lowest BCUT2D eigenvalue weighted by Crippen LogP contribution is -2.28. The van der Waals surface area contributed by atoms with Gasteiger partial charge in [-0.25, -0.2) is 4.98 Å². The van der Waals surface area contributed by atoms with E-state index >= 15 is 0 Å². The molecule has 0 spiro atoms. The van der Waals surface area contributed by atoms with Gasteiger partial charge in [0.2, 0.25) is 0 Å². The molecule has 5 heteroatoms. The van der Waals surface area contributed by atoms with Crippen LogP contribution in [-0.2, 0) is 16.1 Å². The number of hydrogen-bond acceptors (Lipinski definition) is 5. The second kappa shape index (κ2) is 5.82. The molecule has 0 radical (unpaired) electrons. The molecule has 0 fully saturated rings. The molecule has 0 atom stereocenters. The van der Waals surface area contributed by atoms with Crippen LogP contribution in [0.4, 0.5) is 0 Å². The maximum Gasteiger partial charge on any atom is 0.320 e. The van der Waals surface area contributed by atoms with E-state index in [4.69, 9.17) is 4.74 Å². The van der Waals surface area contributed by atoms with Crippen LogP contribution in [0.3, 0.4) is 0 Å². The molecule has 0 aliphatic rings. The molecule has 0 aliphatic heterocycles. The van der Waals surface area contributed by atoms with Gasteiger partial charge >= 0.3 is 5.97 Å². The van der Waals surface area contributed by atoms with Crippen molar-refractivity contribution in [1.82, 2.24) is 9.88 Å². The van der Waals surface area contributed by atoms with E-state index in [0.29, 0.717) is 13.1 Å². The average molecular weight is 228 g/mol. The smallest absolute Gasteiger partial charge is 0.320 e. The van der Waals surface area contributed by atoms with Crippen molar-refractivity contribution in [2.24, 2.45) is 0 Å². The van der Waals surface area contributed by atoms with Gasteiger partial charge < -0.3 is 4.74 Å². The number of carbonyl (C=O) groups is 1. The van der Waals surface area contributed by atoms with E-state index in [2.05, 4.69) is 4.98 Å². The summed E-state index contributed by atoms with van der Waals surface area (Å²) in [7, 11) is 1.88. The third kappa shape index (κ3) is 4.90. The number of likely N-dealkylation sites (N-methyl/N-ethyl adjacent to an activating group) is 1. The number of hydrogen-bond donors (Lipinski definition) is 0. The summed E-state index contributed by atoms with van der Waals surface area (Å²) in [5, 5.41) is 1.98. The molecule has 0 aliphatic carbocycles. The van der Waals surface area contributed by atoms with E-state index in [1.165, 1.54) is 0 Å². The molecule has 0 saturated heterocycles. The van der Waals surface area contributed by atoms with Gasteiger partial charge in [-0.3, -0.25) is 9.69 Å². The normalized spacial score (nSPS) is 11.0. The fraction of sp³-hybridized carbons (Fsp3) is 0.600. The Hall–Kier alpha value is -0.940. The molecule has 0 amide bonds. The predicted octanol–water partition coefficient (Wildman–Crippen LogP) is 1.53. The molecular formula is C10H16N2O2S. The molecule has 4 nitrogen and oxygen atoms in total. The van der Waals surface area contributed by atoms with Gasteiger partial charge in [-0.2, -0.15) is 0 Å². The fourth-order valence-electron chi connectivity index (χ4n) is 1.17. The van der Waals surface area contributed by atoms with E-state index in [1.54, 1.807) is 16.8 Å². The summed E-state index contributed by atoms with van der Waals surface area (Å²) in [5.74, 6) is -0.192. The number of ether oxygens (including phenoxy) is 1. The molecule has 84 valence electrons. The third-order valence-electron chi connectivity index (χ3n) is 1.68. The van der Waals surface area contributed by atoms with Crippen molar-refractivity contribution < 1.29 is 9.53 Å². The van der Waals surface area contributed by atoms with E-state index in [-0.39, 0.29) is 12.1 Å². The molecule has 15 heavy (non-hydrogen) atoms. The van der Waals surface area contributed by atoms with E-state index in [9.17, 15) is 4.79 Å². The molecule has 0 unspecified atom stereocenters. The second-order valence-electron chi connectivity index (χ2n) is 3.69. The predicted molar refractivity (Wildman–Crippen MR) is 59.7 cm³/mol. The van der Waals surface area contributed by atoms with Crippen molar-refractivity contribution in [3.63, 3.8) is 0 Å². The highest BCUT2D eigenvalue weighted by Crippen LogP contribution is 2.04. The number of aromatic nitrogens is 1. The van der Waals surface area contributed by atoms with Crippen molar-refractivity contribution in [3.8, 4) is 0 Å². The second-order valence-corrected chi connectivity index (χ2v) is 4.41. The molecule has 0 bridgehead atoms. The third-order valence-corrected chi connectivity index (χ3v) is 2.32. The number of nitrogens with zero attached hydrogens (tertiary/aromatic N) is 2. The summed E-state index contributed by atoms with van der Waals surface area (Å²) in [5.41, 5.74) is 2.77. The Morgan fingerprint density at radius 3 is 2.93 bits per heavy atom. The molecule has 1 aromatic rings. The molecule has 0 N–H and O–H groups in total. The minimum atomic E-state index is -0.192. The minimum absolute atomic E-state index is 0.0508. The molecule has 0 aromatic carbocycles. The molecule has 1 rings (SSSR count). The zero-order valence-electron chi connectivity index (χ0n) is 9.27. The van der Waals surface area contributed by atoms with Crippen molar-refractivity contribution in [1.29, 1.82) is 0 Å². The number of thiazole rings is 1. The van der Waals surface area contributed by atoms with Crippen LogP contribution >= 0.6 is 11.3 Å². The topological polar surface area (TPSA) is 42.4 Å². The van der Waals surface area contributed by atoms with Crippen molar-refractivity contribution >= 4 is 17.3 Å². The van der Waals surface area contributed by atoms with Crippen LogP contribution in [0.1, 0.15) is 19.5 Å². The largest absolute Gasteiger partial charge is 0.462 e. The Balaban J connectivity index is 2.29. The highest BCUT2D eigenvalue weighted by molar-refractivity contribution is 7.07. The van der Waals surface area contributed by atoms with E-state index < -0.39 is 0 Å². The Bertz CT molecular complexity index is 298. The first kappa shape index (κ1) is 12.1. The van der Waals surface area contributed by atoms with Gasteiger partial charge in [0, 0.05) is 11.9 Å². The van der Waals surface area contributed by atoms with Crippen LogP contribution in [-0.4, -0.2) is 35.5 Å². The van der Waals surface area contributed by atoms with Gasteiger partial charge in [-0.15, -0.1) is 11.3 Å². The van der Waals surface area contributed by atoms with Crippen LogP contribution in [0.2, 0.25) is 0 Å². The van der Waals surface area contributed by atoms with Crippen molar-refractivity contribution in [3.05, 3.63) is 16.6 Å². The van der Waals surface area contributed by atoms with Crippen LogP contribution in [0.15, 0.2) is 10.9 Å². The molecule has 1 heterocycles. The number of carbonyl (C=O) groups excluding carboxylic acids is 1. The Labute approximate surface area is 93.9 Å². The van der Waals surface area contributed by atoms with Crippen molar-refractivity contribution in [2.45, 2.75) is 26.5 Å². The standard InChI is InChI=1S/C10H16N2O2S/c1-8(2)14-10(13)5-12(3)4-9-6-15-7-11-9/h6-8H,4-5H2,1-3H3. The number of esters is 1. The van der Waals surface area contributed by atoms with Gasteiger partial charge in [-0.1, -0.05) is 0 Å². The summed E-state index contributed by atoms with van der Waals surface area (Å²) in [6, 6.07) is 0. The first-order valence-electron chi connectivity index (χ1n) is 4.83. The van der Waals surface area contributed by atoms with Gasteiger partial charge in [0.05, 0.1) is 23.9 Å². The minimum Gasteiger partial charge on any atom is -0.462 e. The summed E-state index contributed by atoms with van der Waals surface area (Å²) >= 11 is 1.56. The lowest BCUT2D eigenvalue weighted by atomic mass is 10.4. The quantitative estimate of drug-likeness (QED) is 0.717. The first-order chi connectivity index (χ1) is 7.08. The van der Waals surface area contributed by atoms with E-state index in [0.717, 1.165) is 5.69 Å². The van der Waals surface area contributed by atoms with E-state index in [1.807, 2.05) is 31.2 Å². The van der Waals surface area contributed by atoms with Gasteiger partial charge in [-0.05, 0) is 20.9 Å². The molecular weight excluding hydrogens is 212 g/mol. The summed E-state index contributed by atoms with van der Waals surface area (Å²) in [6.07, 6.45) is -0.0508. The summed E-state index contributed by atoms with van der Waals surface area (Å²) < 4.78 is 5.04. The highest BCUT2D eigenvalue weighted by atomic mass is 32.1. The molecule has 1 aromatic heterocycles. The van der Waals surface area contributed by atoms with Crippen LogP contribution in [0.25, 0.3) is 0 Å². The highest BCUT2D eigenvalue weighted by Gasteiger charge is 2.10. The van der Waals surface area contributed by atoms with Crippen LogP contribution < -0.4 is 0 Å². The van der Waals surface area contributed by atoms with Crippen molar-refractivity contribution in [2.75, 3.05) is 13.6 Å². The lowest BCUT2D eigenvalue weighted by molar-refractivity contribution is -0.148. The van der Waals surface area contributed by atoms with Gasteiger partial charge in [0.1, 0.15) is 0 Å². The van der Waals surface area contributed by atoms with Crippen LogP contribution in [0, 0.1) is 0 Å². The zero-order valence-corrected chi connectivity index (χ0v) is 10.1. The van der Waals surface area contributed by atoms with Gasteiger partial charge in [0.15, 0.2) is 0 Å². The zero-order chi connectivity index (χ0) is 11.3. The maximum absolute atomic E-state index is 11.3. The lowest BCUT2D eigenvalue weighted by Gasteiger charge is -2.15. The van der Waals surface area contributed by atoms with Gasteiger partial charge in [0.25, 0.3) is 0 Å². The first-order valence-corrected chi connectivity index (χ1v) is 5.77. The Morgan fingerprint density at radius 2 is 2.40 bits per heavy atom. The fourth-order valence-corrected chi connectivity index (χ4v) is 1.72. The Morgan fingerprint density at radius 1 is 1.67 bits per heavy atom. The maximum atomic E-state index is 11.3. The van der Waals surface area contributed by atoms with Crippen LogP contribution in [0.5, 0.6) is 0 Å². The molecule has 0 saturated carbocycles. The summed E-state index contributed by atoms with van der Waals surface area (Å²) in [6.45, 7) is 4.67. The average Bonchev–Trinajstić information content (AvgIpc) is 2.53. The monoisotopic (exact) mass is 228 g/mol. The SMILES string of the molecule is CC(C)OC(=O)CN(C)Cc1cscn1. The Kier molecular flexibility index (Phi) is 4.71.